The van der Waals surface area contributed by atoms with Gasteiger partial charge in [0, 0.05) is 29.3 Å². The lowest BCUT2D eigenvalue weighted by Gasteiger charge is -2.12. The van der Waals surface area contributed by atoms with E-state index in [-0.39, 0.29) is 22.4 Å². The average molecular weight is 437 g/mol. The summed E-state index contributed by atoms with van der Waals surface area (Å²) in [4.78, 5) is 12.9. The van der Waals surface area contributed by atoms with Gasteiger partial charge in [0.05, 0.1) is 12.0 Å². The van der Waals surface area contributed by atoms with E-state index in [1.54, 1.807) is 25.3 Å². The molecule has 4 rings (SSSR count). The second kappa shape index (κ2) is 8.91. The molecule has 2 N–H and O–H groups in total. The molecular weight excluding hydrogens is 412 g/mol. The lowest BCUT2D eigenvalue weighted by Crippen LogP contribution is -2.26. The Morgan fingerprint density at radius 2 is 1.77 bits per heavy atom. The van der Waals surface area contributed by atoms with Crippen LogP contribution >= 0.6 is 0 Å². The van der Waals surface area contributed by atoms with Crippen LogP contribution in [0.4, 0.5) is 5.69 Å². The number of benzene rings is 3. The van der Waals surface area contributed by atoms with Crippen LogP contribution in [0.25, 0.3) is 0 Å². The van der Waals surface area contributed by atoms with Crippen LogP contribution < -0.4 is 14.8 Å². The Kier molecular flexibility index (Phi) is 6.06. The molecular formula is C24H24N2O4S. The van der Waals surface area contributed by atoms with Crippen molar-refractivity contribution in [2.75, 3.05) is 12.4 Å². The number of carbonyl (C=O) groups excluding carboxylic acids is 1. The smallest absolute Gasteiger partial charge is 0.255 e. The maximum absolute atomic E-state index is 12.8. The first-order valence-electron chi connectivity index (χ1n) is 10.1. The van der Waals surface area contributed by atoms with Crippen molar-refractivity contribution in [2.45, 2.75) is 30.2 Å². The number of hydrogen-bond donors (Lipinski definition) is 2. The SMILES string of the molecule is COc1ccc(NC(=O)c2cccc(S(=O)(=O)NC3CC3)c2)cc1Cc1ccccc1. The number of hydrogen-bond acceptors (Lipinski definition) is 4. The molecule has 0 atom stereocenters. The molecule has 3 aromatic rings. The second-order valence-electron chi connectivity index (χ2n) is 7.57. The van der Waals surface area contributed by atoms with Crippen LogP contribution in [-0.2, 0) is 16.4 Å². The highest BCUT2D eigenvalue weighted by Gasteiger charge is 2.28. The fourth-order valence-electron chi connectivity index (χ4n) is 3.31. The summed E-state index contributed by atoms with van der Waals surface area (Å²) in [6.07, 6.45) is 2.36. The molecule has 0 aliphatic heterocycles. The molecule has 0 bridgehead atoms. The predicted molar refractivity (Wildman–Crippen MR) is 120 cm³/mol. The number of anilines is 1. The largest absolute Gasteiger partial charge is 0.496 e. The molecule has 0 heterocycles. The maximum atomic E-state index is 12.8. The zero-order valence-electron chi connectivity index (χ0n) is 17.2. The van der Waals surface area contributed by atoms with Crippen molar-refractivity contribution >= 4 is 21.6 Å². The zero-order valence-corrected chi connectivity index (χ0v) is 18.0. The summed E-state index contributed by atoms with van der Waals surface area (Å²) in [7, 11) is -2.01. The van der Waals surface area contributed by atoms with Crippen LogP contribution in [0.5, 0.6) is 5.75 Å². The first kappa shape index (κ1) is 21.1. The number of methoxy groups -OCH3 is 1. The third-order valence-corrected chi connectivity index (χ3v) is 6.60. The van der Waals surface area contributed by atoms with E-state index >= 15 is 0 Å². The quantitative estimate of drug-likeness (QED) is 0.559. The summed E-state index contributed by atoms with van der Waals surface area (Å²) in [5, 5.41) is 2.86. The van der Waals surface area contributed by atoms with Gasteiger partial charge in [-0.1, -0.05) is 36.4 Å². The molecule has 7 heteroatoms. The van der Waals surface area contributed by atoms with Gasteiger partial charge in [-0.05, 0) is 54.8 Å². The summed E-state index contributed by atoms with van der Waals surface area (Å²) in [5.41, 5.74) is 2.96. The van der Waals surface area contributed by atoms with E-state index in [1.165, 1.54) is 12.1 Å². The molecule has 3 aromatic carbocycles. The number of rotatable bonds is 8. The Morgan fingerprint density at radius 3 is 2.48 bits per heavy atom. The van der Waals surface area contributed by atoms with Crippen molar-refractivity contribution in [1.29, 1.82) is 0 Å². The van der Waals surface area contributed by atoms with Crippen molar-refractivity contribution < 1.29 is 17.9 Å². The minimum absolute atomic E-state index is 0.00446. The predicted octanol–water partition coefficient (Wildman–Crippen LogP) is 3.98. The third kappa shape index (κ3) is 5.31. The second-order valence-corrected chi connectivity index (χ2v) is 9.28. The minimum Gasteiger partial charge on any atom is -0.496 e. The van der Waals surface area contributed by atoms with E-state index in [9.17, 15) is 13.2 Å². The first-order valence-corrected chi connectivity index (χ1v) is 11.6. The van der Waals surface area contributed by atoms with Gasteiger partial charge in [-0.25, -0.2) is 13.1 Å². The Morgan fingerprint density at radius 1 is 1.00 bits per heavy atom. The molecule has 31 heavy (non-hydrogen) atoms. The molecule has 1 fully saturated rings. The van der Waals surface area contributed by atoms with Gasteiger partial charge in [0.1, 0.15) is 5.75 Å². The Hall–Kier alpha value is -3.16. The molecule has 0 spiro atoms. The van der Waals surface area contributed by atoms with Crippen molar-refractivity contribution in [1.82, 2.24) is 4.72 Å². The maximum Gasteiger partial charge on any atom is 0.255 e. The van der Waals surface area contributed by atoms with Crippen LogP contribution in [0.15, 0.2) is 77.7 Å². The molecule has 1 saturated carbocycles. The topological polar surface area (TPSA) is 84.5 Å². The van der Waals surface area contributed by atoms with Gasteiger partial charge in [-0.3, -0.25) is 4.79 Å². The van der Waals surface area contributed by atoms with Gasteiger partial charge in [0.2, 0.25) is 10.0 Å². The fourth-order valence-corrected chi connectivity index (χ4v) is 4.66. The van der Waals surface area contributed by atoms with Crippen LogP contribution in [0.1, 0.15) is 34.3 Å². The molecule has 0 saturated heterocycles. The Labute approximate surface area is 182 Å². The zero-order chi connectivity index (χ0) is 21.8. The van der Waals surface area contributed by atoms with Crippen LogP contribution in [0, 0.1) is 0 Å². The number of ether oxygens (including phenoxy) is 1. The number of nitrogens with one attached hydrogen (secondary N) is 2. The lowest BCUT2D eigenvalue weighted by atomic mass is 10.0. The van der Waals surface area contributed by atoms with Crippen molar-refractivity contribution in [3.05, 3.63) is 89.5 Å². The highest BCUT2D eigenvalue weighted by Crippen LogP contribution is 2.26. The van der Waals surface area contributed by atoms with E-state index in [1.807, 2.05) is 42.5 Å². The van der Waals surface area contributed by atoms with Gasteiger partial charge in [0.15, 0.2) is 0 Å². The van der Waals surface area contributed by atoms with Gasteiger partial charge < -0.3 is 10.1 Å². The molecule has 160 valence electrons. The lowest BCUT2D eigenvalue weighted by molar-refractivity contribution is 0.102. The van der Waals surface area contributed by atoms with Crippen molar-refractivity contribution in [3.63, 3.8) is 0 Å². The van der Waals surface area contributed by atoms with Gasteiger partial charge in [-0.2, -0.15) is 0 Å². The number of amides is 1. The van der Waals surface area contributed by atoms with Crippen LogP contribution in [-0.4, -0.2) is 27.5 Å². The van der Waals surface area contributed by atoms with Gasteiger partial charge in [-0.15, -0.1) is 0 Å². The average Bonchev–Trinajstić information content (AvgIpc) is 3.58. The van der Waals surface area contributed by atoms with Crippen molar-refractivity contribution in [2.24, 2.45) is 0 Å². The number of carbonyl (C=O) groups is 1. The van der Waals surface area contributed by atoms with Crippen LogP contribution in [0.3, 0.4) is 0 Å². The fraction of sp³-hybridized carbons (Fsp3) is 0.208. The summed E-state index contributed by atoms with van der Waals surface area (Å²) >= 11 is 0. The molecule has 1 aliphatic rings. The van der Waals surface area contributed by atoms with E-state index in [0.29, 0.717) is 12.1 Å². The van der Waals surface area contributed by atoms with Gasteiger partial charge >= 0.3 is 0 Å². The number of sulfonamides is 1. The van der Waals surface area contributed by atoms with E-state index in [2.05, 4.69) is 10.0 Å². The Bertz CT molecular complexity index is 1190. The minimum atomic E-state index is -3.62. The molecule has 0 radical (unpaired) electrons. The third-order valence-electron chi connectivity index (χ3n) is 5.08. The highest BCUT2D eigenvalue weighted by molar-refractivity contribution is 7.89. The standard InChI is InChI=1S/C24H24N2O4S/c1-30-23-13-12-21(15-19(23)14-17-6-3-2-4-7-17)25-24(27)18-8-5-9-22(16-18)31(28,29)26-20-10-11-20/h2-9,12-13,15-16,20,26H,10-11,14H2,1H3,(H,25,27). The molecule has 1 aliphatic carbocycles. The van der Waals surface area contributed by atoms with Crippen LogP contribution in [0.2, 0.25) is 0 Å². The van der Waals surface area contributed by atoms with Gasteiger partial charge in [0.25, 0.3) is 5.91 Å². The van der Waals surface area contributed by atoms with E-state index in [4.69, 9.17) is 4.74 Å². The van der Waals surface area contributed by atoms with E-state index in [0.717, 1.165) is 29.7 Å². The summed E-state index contributed by atoms with van der Waals surface area (Å²) in [5.74, 6) is 0.361. The summed E-state index contributed by atoms with van der Waals surface area (Å²) in [6, 6.07) is 21.5. The monoisotopic (exact) mass is 436 g/mol. The molecule has 1 amide bonds. The first-order chi connectivity index (χ1) is 14.9. The molecule has 0 aromatic heterocycles. The van der Waals surface area contributed by atoms with E-state index < -0.39 is 10.0 Å². The Balaban J connectivity index is 1.53. The normalized spacial score (nSPS) is 13.6. The molecule has 0 unspecified atom stereocenters. The summed E-state index contributed by atoms with van der Waals surface area (Å²) < 4.78 is 33.0. The highest BCUT2D eigenvalue weighted by atomic mass is 32.2. The summed E-state index contributed by atoms with van der Waals surface area (Å²) in [6.45, 7) is 0. The molecule has 6 nitrogen and oxygen atoms in total. The van der Waals surface area contributed by atoms with Crippen molar-refractivity contribution in [3.8, 4) is 5.75 Å².